The maximum absolute atomic E-state index is 12.5. The lowest BCUT2D eigenvalue weighted by Gasteiger charge is -2.37. The van der Waals surface area contributed by atoms with Gasteiger partial charge in [-0.3, -0.25) is 4.79 Å². The molecule has 3 aromatic carbocycles. The Morgan fingerprint density at radius 3 is 2.34 bits per heavy atom. The summed E-state index contributed by atoms with van der Waals surface area (Å²) in [6.45, 7) is 2.65. The molecule has 0 saturated carbocycles. The minimum absolute atomic E-state index is 0.139. The van der Waals surface area contributed by atoms with Crippen LogP contribution in [0.25, 0.3) is 10.9 Å². The number of hydrogen-bond donors (Lipinski definition) is 2. The minimum atomic E-state index is -1.05. The Morgan fingerprint density at radius 2 is 1.60 bits per heavy atom. The zero-order chi connectivity index (χ0) is 24.4. The van der Waals surface area contributed by atoms with Crippen LogP contribution in [-0.2, 0) is 0 Å². The van der Waals surface area contributed by atoms with Crippen molar-refractivity contribution in [3.05, 3.63) is 89.2 Å². The fraction of sp³-hybridized carbons (Fsp3) is 0.154. The minimum Gasteiger partial charge on any atom is -0.478 e. The van der Waals surface area contributed by atoms with Crippen LogP contribution in [0.5, 0.6) is 0 Å². The molecule has 0 aliphatic carbocycles. The molecule has 0 spiro atoms. The zero-order valence-corrected chi connectivity index (χ0v) is 19.4. The third-order valence-electron chi connectivity index (χ3n) is 6.03. The summed E-state index contributed by atoms with van der Waals surface area (Å²) < 4.78 is 0. The van der Waals surface area contributed by atoms with Gasteiger partial charge < -0.3 is 20.2 Å². The third-order valence-corrected chi connectivity index (χ3v) is 6.28. The molecule has 4 aromatic rings. The molecule has 0 atom stereocenters. The maximum atomic E-state index is 12.5. The molecule has 0 radical (unpaired) electrons. The summed E-state index contributed by atoms with van der Waals surface area (Å²) >= 11 is 5.88. The predicted octanol–water partition coefficient (Wildman–Crippen LogP) is 4.56. The van der Waals surface area contributed by atoms with Crippen LogP contribution >= 0.6 is 11.6 Å². The van der Waals surface area contributed by atoms with Crippen molar-refractivity contribution in [2.75, 3.05) is 41.3 Å². The number of carboxylic acids is 1. The van der Waals surface area contributed by atoms with Crippen molar-refractivity contribution >= 4 is 51.6 Å². The van der Waals surface area contributed by atoms with Crippen LogP contribution in [0.4, 0.5) is 17.2 Å². The van der Waals surface area contributed by atoms with E-state index >= 15 is 0 Å². The van der Waals surface area contributed by atoms with Gasteiger partial charge in [-0.25, -0.2) is 14.8 Å². The summed E-state index contributed by atoms with van der Waals surface area (Å²) in [7, 11) is 0. The van der Waals surface area contributed by atoms with Gasteiger partial charge >= 0.3 is 5.97 Å². The van der Waals surface area contributed by atoms with Crippen LogP contribution in [0, 0.1) is 0 Å². The summed E-state index contributed by atoms with van der Waals surface area (Å²) in [5.41, 5.74) is 2.50. The first kappa shape index (κ1) is 22.6. The first-order valence-electron chi connectivity index (χ1n) is 11.1. The molecule has 1 aliphatic rings. The molecule has 1 aromatic heterocycles. The molecule has 35 heavy (non-hydrogen) atoms. The number of hydrogen-bond acceptors (Lipinski definition) is 6. The molecule has 1 fully saturated rings. The van der Waals surface area contributed by atoms with Crippen LogP contribution in [-0.4, -0.2) is 53.1 Å². The second-order valence-corrected chi connectivity index (χ2v) is 8.62. The van der Waals surface area contributed by atoms with Crippen LogP contribution in [0.1, 0.15) is 20.7 Å². The largest absolute Gasteiger partial charge is 0.478 e. The Balaban J connectivity index is 1.32. The normalized spacial score (nSPS) is 13.6. The second kappa shape index (κ2) is 9.60. The lowest BCUT2D eigenvalue weighted by molar-refractivity contribution is 0.0697. The molecule has 1 aliphatic heterocycles. The van der Waals surface area contributed by atoms with Gasteiger partial charge in [-0.15, -0.1) is 0 Å². The fourth-order valence-corrected chi connectivity index (χ4v) is 4.39. The van der Waals surface area contributed by atoms with E-state index in [0.29, 0.717) is 48.1 Å². The van der Waals surface area contributed by atoms with E-state index in [4.69, 9.17) is 11.6 Å². The number of carboxylic acid groups (broad SMARTS) is 1. The van der Waals surface area contributed by atoms with Crippen molar-refractivity contribution in [3.8, 4) is 0 Å². The van der Waals surface area contributed by atoms with E-state index in [0.717, 1.165) is 16.7 Å². The monoisotopic (exact) mass is 487 g/mol. The number of carbonyl (C=O) groups is 2. The van der Waals surface area contributed by atoms with Crippen LogP contribution < -0.4 is 15.1 Å². The highest BCUT2D eigenvalue weighted by Gasteiger charge is 2.24. The Bertz CT molecular complexity index is 1400. The van der Waals surface area contributed by atoms with Crippen LogP contribution in [0.2, 0.25) is 5.02 Å². The summed E-state index contributed by atoms with van der Waals surface area (Å²) in [5.74, 6) is -0.503. The first-order valence-corrected chi connectivity index (χ1v) is 11.5. The quantitative estimate of drug-likeness (QED) is 0.425. The highest BCUT2D eigenvalue weighted by Crippen LogP contribution is 2.28. The SMILES string of the molecule is O=C(Nc1ccc(N2CCN(c3ncnc4ccccc34)CC2)c(C(=O)O)c1)c1ccc(Cl)cc1. The molecular formula is C26H22ClN5O3. The van der Waals surface area contributed by atoms with Gasteiger partial charge in [-0.2, -0.15) is 0 Å². The van der Waals surface area contributed by atoms with Crippen molar-refractivity contribution in [3.63, 3.8) is 0 Å². The maximum Gasteiger partial charge on any atom is 0.337 e. The van der Waals surface area contributed by atoms with Gasteiger partial charge in [-0.05, 0) is 54.6 Å². The predicted molar refractivity (Wildman–Crippen MR) is 137 cm³/mol. The lowest BCUT2D eigenvalue weighted by Crippen LogP contribution is -2.47. The number of halogens is 1. The smallest absolute Gasteiger partial charge is 0.337 e. The van der Waals surface area contributed by atoms with Crippen molar-refractivity contribution < 1.29 is 14.7 Å². The molecule has 1 saturated heterocycles. The lowest BCUT2D eigenvalue weighted by atomic mass is 10.1. The molecule has 0 bridgehead atoms. The van der Waals surface area contributed by atoms with Crippen LogP contribution in [0.15, 0.2) is 73.1 Å². The van der Waals surface area contributed by atoms with Gasteiger partial charge in [0.15, 0.2) is 0 Å². The Hall–Kier alpha value is -4.17. The van der Waals surface area contributed by atoms with E-state index in [1.54, 1.807) is 42.7 Å². The number of nitrogens with one attached hydrogen (secondary N) is 1. The van der Waals surface area contributed by atoms with Gasteiger partial charge in [0.25, 0.3) is 5.91 Å². The molecule has 8 nitrogen and oxygen atoms in total. The Kier molecular flexibility index (Phi) is 6.20. The molecular weight excluding hydrogens is 466 g/mol. The average molecular weight is 488 g/mol. The second-order valence-electron chi connectivity index (χ2n) is 8.19. The van der Waals surface area contributed by atoms with Gasteiger partial charge in [-0.1, -0.05) is 23.7 Å². The number of anilines is 3. The van der Waals surface area contributed by atoms with Crippen molar-refractivity contribution in [1.29, 1.82) is 0 Å². The number of rotatable bonds is 5. The van der Waals surface area contributed by atoms with Crippen molar-refractivity contribution in [2.45, 2.75) is 0 Å². The number of aromatic nitrogens is 2. The summed E-state index contributed by atoms with van der Waals surface area (Å²) in [6, 6.07) is 19.4. The van der Waals surface area contributed by atoms with Gasteiger partial charge in [0.1, 0.15) is 12.1 Å². The average Bonchev–Trinajstić information content (AvgIpc) is 2.89. The molecule has 1 amide bonds. The van der Waals surface area contributed by atoms with Gasteiger partial charge in [0.05, 0.1) is 16.8 Å². The number of fused-ring (bicyclic) bond motifs is 1. The summed E-state index contributed by atoms with van der Waals surface area (Å²) in [4.78, 5) is 37.7. The molecule has 9 heteroatoms. The highest BCUT2D eigenvalue weighted by atomic mass is 35.5. The molecule has 5 rings (SSSR count). The molecule has 0 unspecified atom stereocenters. The fourth-order valence-electron chi connectivity index (χ4n) is 4.27. The van der Waals surface area contributed by atoms with Gasteiger partial charge in [0, 0.05) is 47.8 Å². The van der Waals surface area contributed by atoms with Crippen molar-refractivity contribution in [2.24, 2.45) is 0 Å². The first-order chi connectivity index (χ1) is 17.0. The summed E-state index contributed by atoms with van der Waals surface area (Å²) in [6.07, 6.45) is 1.57. The number of para-hydroxylation sites is 1. The Labute approximate surface area is 206 Å². The number of amides is 1. The van der Waals surface area contributed by atoms with Crippen LogP contribution in [0.3, 0.4) is 0 Å². The number of aromatic carboxylic acids is 1. The molecule has 2 N–H and O–H groups in total. The molecule has 2 heterocycles. The third kappa shape index (κ3) is 4.74. The highest BCUT2D eigenvalue weighted by molar-refractivity contribution is 6.30. The molecule has 176 valence electrons. The number of carbonyl (C=O) groups excluding carboxylic acids is 1. The van der Waals surface area contributed by atoms with E-state index in [1.807, 2.05) is 29.2 Å². The van der Waals surface area contributed by atoms with Gasteiger partial charge in [0.2, 0.25) is 0 Å². The topological polar surface area (TPSA) is 98.7 Å². The zero-order valence-electron chi connectivity index (χ0n) is 18.7. The van der Waals surface area contributed by atoms with E-state index in [-0.39, 0.29) is 11.5 Å². The number of piperazine rings is 1. The van der Waals surface area contributed by atoms with E-state index in [1.165, 1.54) is 6.07 Å². The Morgan fingerprint density at radius 1 is 0.886 bits per heavy atom. The standard InChI is InChI=1S/C26H22ClN5O3/c27-18-7-5-17(6-8-18)25(33)30-19-9-10-23(21(15-19)26(34)35)31-11-13-32(14-12-31)24-20-3-1-2-4-22(20)28-16-29-24/h1-10,15-16H,11-14H2,(H,30,33)(H,34,35). The number of benzene rings is 3. The summed E-state index contributed by atoms with van der Waals surface area (Å²) in [5, 5.41) is 14.2. The van der Waals surface area contributed by atoms with E-state index < -0.39 is 5.97 Å². The van der Waals surface area contributed by atoms with E-state index in [9.17, 15) is 14.7 Å². The number of nitrogens with zero attached hydrogens (tertiary/aromatic N) is 4. The van der Waals surface area contributed by atoms with E-state index in [2.05, 4.69) is 20.2 Å². The van der Waals surface area contributed by atoms with Crippen molar-refractivity contribution in [1.82, 2.24) is 9.97 Å².